The molecule has 0 aliphatic rings. The summed E-state index contributed by atoms with van der Waals surface area (Å²) < 4.78 is 30.8. The molecule has 0 atom stereocenters. The number of alkyl halides is 1. The summed E-state index contributed by atoms with van der Waals surface area (Å²) in [7, 11) is -3.31. The van der Waals surface area contributed by atoms with Gasteiger partial charge in [0.05, 0.1) is 18.5 Å². The first-order valence-corrected chi connectivity index (χ1v) is 7.06. The lowest BCUT2D eigenvalue weighted by atomic mass is 10.1. The van der Waals surface area contributed by atoms with Crippen LogP contribution in [-0.4, -0.2) is 38.3 Å². The zero-order valence-electron chi connectivity index (χ0n) is 9.71. The monoisotopic (exact) mass is 257 g/mol. The van der Waals surface area contributed by atoms with Gasteiger partial charge in [-0.05, 0) is 27.7 Å². The highest BCUT2D eigenvalue weighted by molar-refractivity contribution is 7.89. The van der Waals surface area contributed by atoms with Gasteiger partial charge < -0.3 is 4.74 Å². The van der Waals surface area contributed by atoms with Crippen LogP contribution in [0.1, 0.15) is 27.7 Å². The average Bonchev–Trinajstić information content (AvgIpc) is 2.01. The molecule has 0 unspecified atom stereocenters. The zero-order chi connectivity index (χ0) is 12.1. The van der Waals surface area contributed by atoms with E-state index in [1.807, 2.05) is 13.8 Å². The maximum absolute atomic E-state index is 11.5. The maximum atomic E-state index is 11.5. The molecule has 0 aliphatic carbocycles. The van der Waals surface area contributed by atoms with Crippen molar-refractivity contribution in [3.63, 3.8) is 0 Å². The fraction of sp³-hybridized carbons (Fsp3) is 1.00. The molecule has 0 aromatic carbocycles. The predicted molar refractivity (Wildman–Crippen MR) is 62.8 cm³/mol. The summed E-state index contributed by atoms with van der Waals surface area (Å²) in [5.74, 6) is 0.197. The second-order valence-corrected chi connectivity index (χ2v) is 6.47. The molecule has 0 spiro atoms. The Morgan fingerprint density at radius 3 is 2.33 bits per heavy atom. The van der Waals surface area contributed by atoms with E-state index < -0.39 is 15.6 Å². The van der Waals surface area contributed by atoms with Crippen LogP contribution in [0.25, 0.3) is 0 Å². The number of halogens is 1. The van der Waals surface area contributed by atoms with Crippen LogP contribution >= 0.6 is 11.6 Å². The quantitative estimate of drug-likeness (QED) is 0.701. The fourth-order valence-corrected chi connectivity index (χ4v) is 2.37. The molecule has 0 heterocycles. The van der Waals surface area contributed by atoms with Gasteiger partial charge in [-0.2, -0.15) is 0 Å². The van der Waals surface area contributed by atoms with Crippen molar-refractivity contribution >= 4 is 21.6 Å². The van der Waals surface area contributed by atoms with E-state index in [9.17, 15) is 8.42 Å². The van der Waals surface area contributed by atoms with Crippen molar-refractivity contribution in [3.05, 3.63) is 0 Å². The fourth-order valence-electron chi connectivity index (χ4n) is 0.893. The van der Waals surface area contributed by atoms with Crippen LogP contribution in [-0.2, 0) is 14.8 Å². The Balaban J connectivity index is 4.09. The molecule has 92 valence electrons. The Morgan fingerprint density at radius 1 is 1.40 bits per heavy atom. The van der Waals surface area contributed by atoms with Gasteiger partial charge in [-0.1, -0.05) is 0 Å². The van der Waals surface area contributed by atoms with Crippen molar-refractivity contribution in [2.24, 2.45) is 0 Å². The molecule has 6 heteroatoms. The topological polar surface area (TPSA) is 55.4 Å². The van der Waals surface area contributed by atoms with Gasteiger partial charge in [-0.3, -0.25) is 0 Å². The Bertz CT molecular complexity index is 275. The Morgan fingerprint density at radius 2 is 1.93 bits per heavy atom. The van der Waals surface area contributed by atoms with Crippen molar-refractivity contribution in [2.75, 3.05) is 18.2 Å². The van der Waals surface area contributed by atoms with Crippen LogP contribution in [0.15, 0.2) is 0 Å². The minimum atomic E-state index is -3.31. The summed E-state index contributed by atoms with van der Waals surface area (Å²) in [6.45, 7) is 7.40. The Labute approximate surface area is 97.4 Å². The lowest BCUT2D eigenvalue weighted by molar-refractivity contribution is 0.0911. The molecule has 0 fully saturated rings. The smallest absolute Gasteiger partial charge is 0.214 e. The van der Waals surface area contributed by atoms with Gasteiger partial charge in [0, 0.05) is 11.4 Å². The normalized spacial score (nSPS) is 13.5. The number of hydrogen-bond acceptors (Lipinski definition) is 3. The van der Waals surface area contributed by atoms with Gasteiger partial charge in [0.15, 0.2) is 0 Å². The summed E-state index contributed by atoms with van der Waals surface area (Å²) >= 11 is 5.63. The van der Waals surface area contributed by atoms with E-state index in [1.54, 1.807) is 13.8 Å². The van der Waals surface area contributed by atoms with Gasteiger partial charge in [-0.25, -0.2) is 13.1 Å². The number of hydrogen-bond donors (Lipinski definition) is 1. The third-order valence-corrected chi connectivity index (χ3v) is 3.80. The Kier molecular flexibility index (Phi) is 6.10. The van der Waals surface area contributed by atoms with E-state index in [1.165, 1.54) is 0 Å². The van der Waals surface area contributed by atoms with Crippen LogP contribution in [0.4, 0.5) is 0 Å². The molecule has 0 amide bonds. The predicted octanol–water partition coefficient (Wildman–Crippen LogP) is 1.35. The first-order valence-electron chi connectivity index (χ1n) is 4.88. The first kappa shape index (κ1) is 15.2. The minimum Gasteiger partial charge on any atom is -0.378 e. The van der Waals surface area contributed by atoms with Gasteiger partial charge in [0.25, 0.3) is 0 Å². The number of sulfonamides is 1. The molecule has 0 aromatic heterocycles. The van der Waals surface area contributed by atoms with Crippen LogP contribution in [0.5, 0.6) is 0 Å². The largest absolute Gasteiger partial charge is 0.378 e. The zero-order valence-corrected chi connectivity index (χ0v) is 11.3. The van der Waals surface area contributed by atoms with Crippen molar-refractivity contribution in [3.8, 4) is 0 Å². The van der Waals surface area contributed by atoms with Crippen LogP contribution in [0.2, 0.25) is 0 Å². The lowest BCUT2D eigenvalue weighted by Gasteiger charge is -2.23. The highest BCUT2D eigenvalue weighted by Gasteiger charge is 2.23. The molecular weight excluding hydrogens is 238 g/mol. The van der Waals surface area contributed by atoms with E-state index in [0.29, 0.717) is 0 Å². The van der Waals surface area contributed by atoms with Gasteiger partial charge >= 0.3 is 0 Å². The third-order valence-electron chi connectivity index (χ3n) is 1.57. The van der Waals surface area contributed by atoms with Crippen molar-refractivity contribution < 1.29 is 13.2 Å². The molecule has 4 nitrogen and oxygen atoms in total. The van der Waals surface area contributed by atoms with Crippen molar-refractivity contribution in [2.45, 2.75) is 39.3 Å². The third kappa shape index (κ3) is 8.02. The maximum Gasteiger partial charge on any atom is 0.214 e. The molecule has 0 aliphatic heterocycles. The van der Waals surface area contributed by atoms with Crippen molar-refractivity contribution in [1.82, 2.24) is 4.72 Å². The Hall–Kier alpha value is 0.160. The summed E-state index contributed by atoms with van der Waals surface area (Å²) in [6, 6.07) is 0. The average molecular weight is 258 g/mol. The SMILES string of the molecule is CC(C)OCCS(=O)(=O)NC(C)(C)CCl. The molecule has 0 aromatic rings. The number of rotatable bonds is 7. The van der Waals surface area contributed by atoms with E-state index in [0.717, 1.165) is 0 Å². The number of nitrogens with one attached hydrogen (secondary N) is 1. The van der Waals surface area contributed by atoms with Crippen LogP contribution in [0, 0.1) is 0 Å². The summed E-state index contributed by atoms with van der Waals surface area (Å²) in [5.41, 5.74) is -0.613. The van der Waals surface area contributed by atoms with Gasteiger partial charge in [0.2, 0.25) is 10.0 Å². The second kappa shape index (κ2) is 6.03. The second-order valence-electron chi connectivity index (χ2n) is 4.36. The van der Waals surface area contributed by atoms with Gasteiger partial charge in [-0.15, -0.1) is 11.6 Å². The lowest BCUT2D eigenvalue weighted by Crippen LogP contribution is -2.46. The molecule has 0 saturated heterocycles. The molecule has 15 heavy (non-hydrogen) atoms. The van der Waals surface area contributed by atoms with E-state index >= 15 is 0 Å². The highest BCUT2D eigenvalue weighted by atomic mass is 35.5. The summed E-state index contributed by atoms with van der Waals surface area (Å²) in [6.07, 6.45) is 0.0428. The molecule has 1 N–H and O–H groups in total. The molecule has 0 rings (SSSR count). The van der Waals surface area contributed by atoms with E-state index in [2.05, 4.69) is 4.72 Å². The molecule has 0 bridgehead atoms. The summed E-state index contributed by atoms with van der Waals surface area (Å²) in [5, 5.41) is 0. The molecule has 0 radical (unpaired) electrons. The molecule has 0 saturated carbocycles. The van der Waals surface area contributed by atoms with Gasteiger partial charge in [0.1, 0.15) is 0 Å². The van der Waals surface area contributed by atoms with Crippen LogP contribution < -0.4 is 4.72 Å². The van der Waals surface area contributed by atoms with E-state index in [-0.39, 0.29) is 24.3 Å². The van der Waals surface area contributed by atoms with Crippen molar-refractivity contribution in [1.29, 1.82) is 0 Å². The minimum absolute atomic E-state index is 0.0362. The number of ether oxygens (including phenoxy) is 1. The van der Waals surface area contributed by atoms with E-state index in [4.69, 9.17) is 16.3 Å². The highest BCUT2D eigenvalue weighted by Crippen LogP contribution is 2.06. The molecular formula is C9H20ClNO3S. The first-order chi connectivity index (χ1) is 6.68. The standard InChI is InChI=1S/C9H20ClNO3S/c1-8(2)14-5-6-15(12,13)11-9(3,4)7-10/h8,11H,5-7H2,1-4H3. The van der Waals surface area contributed by atoms with Crippen LogP contribution in [0.3, 0.4) is 0 Å². The summed E-state index contributed by atoms with van der Waals surface area (Å²) in [4.78, 5) is 0.